The lowest BCUT2D eigenvalue weighted by molar-refractivity contribution is 0.455. The zero-order chi connectivity index (χ0) is 13.7. The van der Waals surface area contributed by atoms with Crippen LogP contribution < -0.4 is 5.32 Å². The first-order valence-corrected chi connectivity index (χ1v) is 8.28. The van der Waals surface area contributed by atoms with E-state index in [1.807, 2.05) is 6.07 Å². The molecule has 1 fully saturated rings. The second-order valence-corrected chi connectivity index (χ2v) is 6.42. The van der Waals surface area contributed by atoms with Crippen molar-refractivity contribution in [3.8, 4) is 0 Å². The maximum absolute atomic E-state index is 4.63. The first-order chi connectivity index (χ1) is 9.19. The third kappa shape index (κ3) is 4.44. The fourth-order valence-corrected chi connectivity index (χ4v) is 3.19. The van der Waals surface area contributed by atoms with Crippen molar-refractivity contribution in [2.24, 2.45) is 5.92 Å². The number of aromatic nitrogens is 2. The third-order valence-corrected chi connectivity index (χ3v) is 4.32. The van der Waals surface area contributed by atoms with E-state index in [-0.39, 0.29) is 0 Å². The molecule has 1 N–H and O–H groups in total. The number of nitrogens with one attached hydrogen (secondary N) is 1. The molecule has 1 heterocycles. The van der Waals surface area contributed by atoms with Gasteiger partial charge in [0.2, 0.25) is 0 Å². The van der Waals surface area contributed by atoms with Crippen molar-refractivity contribution in [2.75, 3.05) is 5.32 Å². The Labute approximate surface area is 124 Å². The van der Waals surface area contributed by atoms with Crippen LogP contribution >= 0.6 is 15.9 Å². The van der Waals surface area contributed by atoms with Crippen LogP contribution in [-0.4, -0.2) is 16.0 Å². The zero-order valence-electron chi connectivity index (χ0n) is 12.0. The van der Waals surface area contributed by atoms with E-state index in [0.717, 1.165) is 35.0 Å². The molecular formula is C15H24BrN3. The maximum Gasteiger partial charge on any atom is 0.132 e. The molecule has 0 bridgehead atoms. The molecule has 1 aliphatic rings. The molecule has 4 heteroatoms. The summed E-state index contributed by atoms with van der Waals surface area (Å²) in [6, 6.07) is 2.55. The van der Waals surface area contributed by atoms with Gasteiger partial charge in [0.25, 0.3) is 0 Å². The van der Waals surface area contributed by atoms with Crippen LogP contribution in [0.15, 0.2) is 10.7 Å². The number of aryl methyl sites for hydroxylation is 1. The molecule has 1 saturated carbocycles. The number of anilines is 1. The van der Waals surface area contributed by atoms with Crippen molar-refractivity contribution in [3.05, 3.63) is 16.5 Å². The van der Waals surface area contributed by atoms with Crippen LogP contribution in [0.3, 0.4) is 0 Å². The molecule has 1 aliphatic carbocycles. The van der Waals surface area contributed by atoms with Crippen LogP contribution in [0.5, 0.6) is 0 Å². The van der Waals surface area contributed by atoms with E-state index in [0.29, 0.717) is 6.04 Å². The van der Waals surface area contributed by atoms with Crippen molar-refractivity contribution in [3.63, 3.8) is 0 Å². The predicted molar refractivity (Wildman–Crippen MR) is 83.4 cm³/mol. The summed E-state index contributed by atoms with van der Waals surface area (Å²) >= 11 is 3.49. The molecule has 2 atom stereocenters. The molecule has 19 heavy (non-hydrogen) atoms. The maximum atomic E-state index is 4.63. The number of rotatable bonds is 4. The van der Waals surface area contributed by atoms with Gasteiger partial charge in [-0.3, -0.25) is 0 Å². The average molecular weight is 326 g/mol. The zero-order valence-corrected chi connectivity index (χ0v) is 13.5. The fraction of sp³-hybridized carbons (Fsp3) is 0.733. The lowest BCUT2D eigenvalue weighted by Gasteiger charge is -2.23. The Hall–Kier alpha value is -0.640. The molecule has 0 aromatic carbocycles. The Bertz CT molecular complexity index is 408. The minimum atomic E-state index is 0.554. The van der Waals surface area contributed by atoms with E-state index in [9.17, 15) is 0 Å². The normalized spacial score (nSPS) is 23.9. The summed E-state index contributed by atoms with van der Waals surface area (Å²) in [7, 11) is 0. The predicted octanol–water partition coefficient (Wildman–Crippen LogP) is 4.57. The molecule has 0 spiro atoms. The summed E-state index contributed by atoms with van der Waals surface area (Å²) < 4.78 is 0.884. The minimum absolute atomic E-state index is 0.554. The van der Waals surface area contributed by atoms with Gasteiger partial charge in [-0.25, -0.2) is 9.97 Å². The van der Waals surface area contributed by atoms with E-state index in [1.165, 1.54) is 32.1 Å². The van der Waals surface area contributed by atoms with Gasteiger partial charge in [0.1, 0.15) is 16.2 Å². The largest absolute Gasteiger partial charge is 0.367 e. The van der Waals surface area contributed by atoms with Gasteiger partial charge in [-0.05, 0) is 41.1 Å². The summed E-state index contributed by atoms with van der Waals surface area (Å²) in [5.41, 5.74) is 0. The highest BCUT2D eigenvalue weighted by molar-refractivity contribution is 9.10. The molecule has 2 rings (SSSR count). The van der Waals surface area contributed by atoms with E-state index in [4.69, 9.17) is 0 Å². The van der Waals surface area contributed by atoms with E-state index >= 15 is 0 Å². The van der Waals surface area contributed by atoms with Crippen LogP contribution in [0.4, 0.5) is 5.82 Å². The molecule has 0 saturated heterocycles. The molecule has 0 amide bonds. The number of hydrogen-bond donors (Lipinski definition) is 1. The molecular weight excluding hydrogens is 302 g/mol. The van der Waals surface area contributed by atoms with E-state index in [2.05, 4.69) is 45.1 Å². The van der Waals surface area contributed by atoms with Gasteiger partial charge >= 0.3 is 0 Å². The lowest BCUT2D eigenvalue weighted by Crippen LogP contribution is -2.27. The molecule has 1 aromatic rings. The van der Waals surface area contributed by atoms with Crippen molar-refractivity contribution in [1.29, 1.82) is 0 Å². The van der Waals surface area contributed by atoms with Crippen LogP contribution in [0, 0.1) is 5.92 Å². The Kier molecular flexibility index (Phi) is 5.61. The minimum Gasteiger partial charge on any atom is -0.367 e. The fourth-order valence-electron chi connectivity index (χ4n) is 2.77. The third-order valence-electron chi connectivity index (χ3n) is 3.91. The molecule has 0 radical (unpaired) electrons. The standard InChI is InChI=1S/C15H24BrN3/c1-3-7-14-18-13(16)10-15(19-14)17-12-9-6-4-5-8-11(12)2/h10-12H,3-9H2,1-2H3,(H,17,18,19). The van der Waals surface area contributed by atoms with Gasteiger partial charge < -0.3 is 5.32 Å². The quantitative estimate of drug-likeness (QED) is 0.650. The second kappa shape index (κ2) is 7.22. The number of halogens is 1. The van der Waals surface area contributed by atoms with Crippen LogP contribution in [0.2, 0.25) is 0 Å². The monoisotopic (exact) mass is 325 g/mol. The highest BCUT2D eigenvalue weighted by Gasteiger charge is 2.20. The summed E-state index contributed by atoms with van der Waals surface area (Å²) in [5.74, 6) is 2.63. The van der Waals surface area contributed by atoms with Crippen LogP contribution in [0.1, 0.15) is 58.2 Å². The topological polar surface area (TPSA) is 37.8 Å². The van der Waals surface area contributed by atoms with Crippen LogP contribution in [-0.2, 0) is 6.42 Å². The Balaban J connectivity index is 2.08. The molecule has 3 nitrogen and oxygen atoms in total. The van der Waals surface area contributed by atoms with E-state index in [1.54, 1.807) is 0 Å². The Morgan fingerprint density at radius 3 is 2.84 bits per heavy atom. The van der Waals surface area contributed by atoms with Crippen molar-refractivity contribution < 1.29 is 0 Å². The molecule has 2 unspecified atom stereocenters. The molecule has 0 aliphatic heterocycles. The van der Waals surface area contributed by atoms with Gasteiger partial charge in [0, 0.05) is 18.5 Å². The summed E-state index contributed by atoms with van der Waals surface area (Å²) in [5, 5.41) is 3.63. The SMILES string of the molecule is CCCc1nc(Br)cc(NC2CCCCCC2C)n1. The first-order valence-electron chi connectivity index (χ1n) is 7.49. The summed E-state index contributed by atoms with van der Waals surface area (Å²) in [6.07, 6.45) is 8.67. The summed E-state index contributed by atoms with van der Waals surface area (Å²) in [6.45, 7) is 4.51. The van der Waals surface area contributed by atoms with Crippen LogP contribution in [0.25, 0.3) is 0 Å². The Morgan fingerprint density at radius 1 is 1.26 bits per heavy atom. The van der Waals surface area contributed by atoms with Gasteiger partial charge in [-0.15, -0.1) is 0 Å². The number of hydrogen-bond acceptors (Lipinski definition) is 3. The average Bonchev–Trinajstić information content (AvgIpc) is 2.55. The van der Waals surface area contributed by atoms with Crippen molar-refractivity contribution in [1.82, 2.24) is 9.97 Å². The highest BCUT2D eigenvalue weighted by Crippen LogP contribution is 2.26. The number of nitrogens with zero attached hydrogens (tertiary/aromatic N) is 2. The van der Waals surface area contributed by atoms with Crippen molar-refractivity contribution in [2.45, 2.75) is 64.8 Å². The van der Waals surface area contributed by atoms with Crippen molar-refractivity contribution >= 4 is 21.7 Å². The smallest absolute Gasteiger partial charge is 0.132 e. The highest BCUT2D eigenvalue weighted by atomic mass is 79.9. The Morgan fingerprint density at radius 2 is 2.05 bits per heavy atom. The van der Waals surface area contributed by atoms with Gasteiger partial charge in [0.15, 0.2) is 0 Å². The molecule has 106 valence electrons. The summed E-state index contributed by atoms with van der Waals surface area (Å²) in [4.78, 5) is 9.05. The van der Waals surface area contributed by atoms with Gasteiger partial charge in [-0.1, -0.05) is 33.1 Å². The van der Waals surface area contributed by atoms with Gasteiger partial charge in [-0.2, -0.15) is 0 Å². The first kappa shape index (κ1) is 14.8. The molecule has 1 aromatic heterocycles. The lowest BCUT2D eigenvalue weighted by atomic mass is 9.97. The van der Waals surface area contributed by atoms with Gasteiger partial charge in [0.05, 0.1) is 0 Å². The van der Waals surface area contributed by atoms with E-state index < -0.39 is 0 Å². The second-order valence-electron chi connectivity index (χ2n) is 5.61.